The molecule has 0 aromatic carbocycles. The summed E-state index contributed by atoms with van der Waals surface area (Å²) in [5.74, 6) is -0.0745. The zero-order valence-electron chi connectivity index (χ0n) is 15.7. The Morgan fingerprint density at radius 1 is 1.04 bits per heavy atom. The molecule has 2 heterocycles. The van der Waals surface area contributed by atoms with Gasteiger partial charge in [-0.3, -0.25) is 9.59 Å². The van der Waals surface area contributed by atoms with Crippen LogP contribution in [0.2, 0.25) is 0 Å². The van der Waals surface area contributed by atoms with Crippen molar-refractivity contribution in [1.82, 2.24) is 26.8 Å². The molecule has 0 radical (unpaired) electrons. The van der Waals surface area contributed by atoms with Crippen LogP contribution >= 0.6 is 11.8 Å². The lowest BCUT2D eigenvalue weighted by atomic mass is 9.82. The maximum absolute atomic E-state index is 12.8. The van der Waals surface area contributed by atoms with E-state index in [1.54, 1.807) is 11.8 Å². The van der Waals surface area contributed by atoms with Gasteiger partial charge in [-0.15, -0.1) is 11.8 Å². The highest BCUT2D eigenvalue weighted by molar-refractivity contribution is 8.01. The molecule has 0 aromatic heterocycles. The van der Waals surface area contributed by atoms with Gasteiger partial charge in [0.2, 0.25) is 5.91 Å². The highest BCUT2D eigenvalue weighted by atomic mass is 32.2. The summed E-state index contributed by atoms with van der Waals surface area (Å²) >= 11 is 1.67. The van der Waals surface area contributed by atoms with Crippen LogP contribution in [0.5, 0.6) is 0 Å². The van der Waals surface area contributed by atoms with E-state index < -0.39 is 5.97 Å². The highest BCUT2D eigenvalue weighted by Gasteiger charge is 2.39. The number of carbonyl (C=O) groups is 2. The number of hydrogen-bond acceptors (Lipinski definition) is 7. The second-order valence-electron chi connectivity index (χ2n) is 8.35. The number of nitrogens with one attached hydrogen (secondary N) is 4. The third kappa shape index (κ3) is 4.42. The lowest BCUT2D eigenvalue weighted by Gasteiger charge is -2.35. The number of amides is 1. The lowest BCUT2D eigenvalue weighted by Crippen LogP contribution is -2.49. The first kappa shape index (κ1) is 19.4. The van der Waals surface area contributed by atoms with Crippen LogP contribution in [0.25, 0.3) is 0 Å². The summed E-state index contributed by atoms with van der Waals surface area (Å²) in [6, 6.07) is 0.643. The predicted octanol–water partition coefficient (Wildman–Crippen LogP) is 1.31. The zero-order chi connectivity index (χ0) is 18.8. The molecule has 2 saturated heterocycles. The van der Waals surface area contributed by atoms with Crippen LogP contribution in [-0.4, -0.2) is 44.8 Å². The first-order chi connectivity index (χ1) is 13.1. The summed E-state index contributed by atoms with van der Waals surface area (Å²) in [7, 11) is 0. The van der Waals surface area contributed by atoms with Gasteiger partial charge in [0.1, 0.15) is 5.50 Å². The average molecular weight is 398 g/mol. The van der Waals surface area contributed by atoms with Crippen LogP contribution in [0.4, 0.5) is 0 Å². The van der Waals surface area contributed by atoms with Gasteiger partial charge in [-0.05, 0) is 57.3 Å². The zero-order valence-corrected chi connectivity index (χ0v) is 16.5. The molecular weight excluding hydrogens is 366 g/mol. The Balaban J connectivity index is 1.34. The normalized spacial score (nSPS) is 40.8. The molecule has 27 heavy (non-hydrogen) atoms. The molecule has 0 bridgehead atoms. The minimum absolute atomic E-state index is 0.0349. The molecule has 4 atom stereocenters. The number of carboxylic acid groups (broad SMARTS) is 1. The summed E-state index contributed by atoms with van der Waals surface area (Å²) in [6.45, 7) is 0. The first-order valence-electron chi connectivity index (χ1n) is 10.3. The lowest BCUT2D eigenvalue weighted by molar-refractivity contribution is -0.143. The summed E-state index contributed by atoms with van der Waals surface area (Å²) in [6.07, 6.45) is 10.1. The quantitative estimate of drug-likeness (QED) is 0.484. The van der Waals surface area contributed by atoms with Crippen LogP contribution in [0, 0.1) is 11.8 Å². The van der Waals surface area contributed by atoms with Crippen LogP contribution in [0.15, 0.2) is 0 Å². The van der Waals surface area contributed by atoms with Crippen LogP contribution < -0.4 is 21.8 Å². The van der Waals surface area contributed by atoms with Crippen molar-refractivity contribution < 1.29 is 14.7 Å². The SMILES string of the molecule is O=C(O)C1CCC(N2NNNC2SC2CCC3CCCCC3NC2=O)CC1. The average Bonchev–Trinajstić information content (AvgIpc) is 3.07. The first-order valence-corrected chi connectivity index (χ1v) is 11.3. The largest absolute Gasteiger partial charge is 0.481 e. The van der Waals surface area contributed by atoms with E-state index in [4.69, 9.17) is 0 Å². The number of hydrogen-bond donors (Lipinski definition) is 5. The Morgan fingerprint density at radius 2 is 1.81 bits per heavy atom. The molecule has 2 aliphatic heterocycles. The van der Waals surface area contributed by atoms with Crippen molar-refractivity contribution in [3.8, 4) is 0 Å². The standard InChI is InChI=1S/C18H31N5O3S/c24-16-15(10-7-11-3-1-2-4-14(11)19-16)27-18-20-21-22-23(18)13-8-5-12(6-9-13)17(25)26/h11-15,18,20-22H,1-10H2,(H,19,24)(H,25,26). The van der Waals surface area contributed by atoms with Gasteiger partial charge >= 0.3 is 5.97 Å². The van der Waals surface area contributed by atoms with Crippen molar-refractivity contribution >= 4 is 23.6 Å². The molecule has 9 heteroatoms. The molecule has 4 fully saturated rings. The molecule has 2 aliphatic carbocycles. The van der Waals surface area contributed by atoms with Gasteiger partial charge in [-0.2, -0.15) is 16.1 Å². The van der Waals surface area contributed by atoms with Crippen LogP contribution in [0.1, 0.15) is 64.2 Å². The molecule has 5 N–H and O–H groups in total. The molecule has 8 nitrogen and oxygen atoms in total. The molecule has 0 spiro atoms. The molecule has 1 amide bonds. The van der Waals surface area contributed by atoms with E-state index in [0.29, 0.717) is 24.8 Å². The third-order valence-corrected chi connectivity index (χ3v) is 8.08. The summed E-state index contributed by atoms with van der Waals surface area (Å²) < 4.78 is 0. The number of aliphatic carboxylic acids is 1. The van der Waals surface area contributed by atoms with Crippen LogP contribution in [-0.2, 0) is 9.59 Å². The van der Waals surface area contributed by atoms with E-state index in [9.17, 15) is 14.7 Å². The Labute approximate surface area is 164 Å². The molecule has 4 unspecified atom stereocenters. The van der Waals surface area contributed by atoms with E-state index in [1.165, 1.54) is 19.3 Å². The van der Waals surface area contributed by atoms with E-state index >= 15 is 0 Å². The fraction of sp³-hybridized carbons (Fsp3) is 0.889. The highest BCUT2D eigenvalue weighted by Crippen LogP contribution is 2.36. The van der Waals surface area contributed by atoms with Gasteiger partial charge in [-0.25, -0.2) is 5.43 Å². The molecule has 4 aliphatic rings. The van der Waals surface area contributed by atoms with Crippen molar-refractivity contribution in [2.45, 2.75) is 87.0 Å². The topological polar surface area (TPSA) is 106 Å². The maximum Gasteiger partial charge on any atom is 0.306 e. The van der Waals surface area contributed by atoms with Crippen molar-refractivity contribution in [3.05, 3.63) is 0 Å². The fourth-order valence-corrected chi connectivity index (χ4v) is 6.33. The van der Waals surface area contributed by atoms with Crippen molar-refractivity contribution in [3.63, 3.8) is 0 Å². The fourth-order valence-electron chi connectivity index (χ4n) is 5.07. The van der Waals surface area contributed by atoms with Crippen molar-refractivity contribution in [2.75, 3.05) is 0 Å². The molecule has 4 rings (SSSR count). The Hall–Kier alpha value is -0.870. The van der Waals surface area contributed by atoms with Gasteiger partial charge in [0.05, 0.1) is 11.2 Å². The number of carboxylic acids is 1. The van der Waals surface area contributed by atoms with E-state index in [1.807, 2.05) is 0 Å². The molecule has 152 valence electrons. The van der Waals surface area contributed by atoms with Crippen LogP contribution in [0.3, 0.4) is 0 Å². The summed E-state index contributed by atoms with van der Waals surface area (Å²) in [5.41, 5.74) is 9.33. The van der Waals surface area contributed by atoms with Gasteiger partial charge in [0, 0.05) is 12.1 Å². The summed E-state index contributed by atoms with van der Waals surface area (Å²) in [4.78, 5) is 24.0. The van der Waals surface area contributed by atoms with Gasteiger partial charge < -0.3 is 10.4 Å². The number of rotatable bonds is 4. The van der Waals surface area contributed by atoms with Crippen molar-refractivity contribution in [1.29, 1.82) is 0 Å². The predicted molar refractivity (Wildman–Crippen MR) is 103 cm³/mol. The molecule has 0 aromatic rings. The minimum atomic E-state index is -0.679. The second kappa shape index (κ2) is 8.65. The van der Waals surface area contributed by atoms with Crippen molar-refractivity contribution in [2.24, 2.45) is 11.8 Å². The van der Waals surface area contributed by atoms with E-state index in [0.717, 1.165) is 32.1 Å². The molecular formula is C18H31N5O3S. The van der Waals surface area contributed by atoms with Gasteiger partial charge in [0.15, 0.2) is 0 Å². The smallest absolute Gasteiger partial charge is 0.306 e. The molecule has 2 saturated carbocycles. The second-order valence-corrected chi connectivity index (χ2v) is 9.63. The number of hydrazine groups is 3. The van der Waals surface area contributed by atoms with Gasteiger partial charge in [-0.1, -0.05) is 12.8 Å². The number of thioether (sulfide) groups is 1. The van der Waals surface area contributed by atoms with E-state index in [-0.39, 0.29) is 28.6 Å². The number of carbonyl (C=O) groups excluding carboxylic acids is 1. The summed E-state index contributed by atoms with van der Waals surface area (Å²) in [5, 5.41) is 14.6. The monoisotopic (exact) mass is 397 g/mol. The third-order valence-electron chi connectivity index (χ3n) is 6.69. The minimum Gasteiger partial charge on any atom is -0.481 e. The number of fused-ring (bicyclic) bond motifs is 1. The maximum atomic E-state index is 12.8. The Morgan fingerprint density at radius 3 is 2.59 bits per heavy atom. The van der Waals surface area contributed by atoms with Gasteiger partial charge in [0.25, 0.3) is 0 Å². The number of nitrogens with zero attached hydrogens (tertiary/aromatic N) is 1. The van der Waals surface area contributed by atoms with E-state index in [2.05, 4.69) is 26.8 Å². The Bertz CT molecular complexity index is 557. The Kier molecular flexibility index (Phi) is 6.23.